The minimum absolute atomic E-state index is 0.164. The Kier molecular flexibility index (Phi) is 6.83. The normalized spacial score (nSPS) is 17.1. The van der Waals surface area contributed by atoms with Gasteiger partial charge in [-0.2, -0.15) is 0 Å². The number of morpholine rings is 1. The van der Waals surface area contributed by atoms with Crippen molar-refractivity contribution in [2.45, 2.75) is 32.9 Å². The molecule has 0 aromatic heterocycles. The topological polar surface area (TPSA) is 36.5 Å². The molecule has 3 rings (SSSR count). The molecule has 2 aromatic carbocycles. The van der Waals surface area contributed by atoms with E-state index in [0.717, 1.165) is 32.0 Å². The number of hydrogen-bond acceptors (Lipinski definition) is 3. The number of thiocarbonyl (C=S) groups is 1. The van der Waals surface area contributed by atoms with Crippen molar-refractivity contribution < 1.29 is 4.74 Å². The smallest absolute Gasteiger partial charge is 0.171 e. The van der Waals surface area contributed by atoms with Gasteiger partial charge in [0.15, 0.2) is 5.11 Å². The highest BCUT2D eigenvalue weighted by molar-refractivity contribution is 7.80. The molecule has 2 aromatic rings. The van der Waals surface area contributed by atoms with E-state index in [0.29, 0.717) is 5.11 Å². The highest BCUT2D eigenvalue weighted by atomic mass is 32.1. The molecule has 0 radical (unpaired) electrons. The highest BCUT2D eigenvalue weighted by Gasteiger charge is 2.28. The number of nitrogens with one attached hydrogen (secondary N) is 2. The second-order valence-corrected chi connectivity index (χ2v) is 7.60. The Bertz CT molecular complexity index is 759. The number of benzene rings is 2. The number of anilines is 1. The van der Waals surface area contributed by atoms with Gasteiger partial charge in [0.05, 0.1) is 19.3 Å². The van der Waals surface area contributed by atoms with Crippen LogP contribution in [-0.4, -0.2) is 42.4 Å². The predicted octanol–water partition coefficient (Wildman–Crippen LogP) is 4.05. The molecule has 0 bridgehead atoms. The van der Waals surface area contributed by atoms with Crippen LogP contribution in [0.5, 0.6) is 0 Å². The first-order chi connectivity index (χ1) is 13.0. The lowest BCUT2D eigenvalue weighted by atomic mass is 9.98. The Morgan fingerprint density at radius 3 is 2.41 bits per heavy atom. The van der Waals surface area contributed by atoms with Gasteiger partial charge in [0.25, 0.3) is 0 Å². The van der Waals surface area contributed by atoms with Gasteiger partial charge in [0, 0.05) is 24.8 Å². The third-order valence-electron chi connectivity index (χ3n) is 5.18. The van der Waals surface area contributed by atoms with E-state index in [9.17, 15) is 0 Å². The molecule has 5 heteroatoms. The van der Waals surface area contributed by atoms with Crippen molar-refractivity contribution >= 4 is 23.0 Å². The maximum Gasteiger partial charge on any atom is 0.171 e. The third-order valence-corrected chi connectivity index (χ3v) is 5.40. The Morgan fingerprint density at radius 2 is 1.74 bits per heavy atom. The maximum absolute atomic E-state index is 5.59. The molecule has 2 N–H and O–H groups in total. The first-order valence-corrected chi connectivity index (χ1v) is 9.97. The van der Waals surface area contributed by atoms with E-state index < -0.39 is 0 Å². The number of aryl methyl sites for hydroxylation is 2. The molecular formula is C22H29N3OS. The lowest BCUT2D eigenvalue weighted by molar-refractivity contribution is 0.0102. The van der Waals surface area contributed by atoms with Gasteiger partial charge >= 0.3 is 0 Å². The number of ether oxygens (including phenoxy) is 1. The second kappa shape index (κ2) is 9.31. The standard InChI is InChI=1S/C22H29N3OS/c1-16-9-10-20(15-17(16)2)24-22(27)23-18(3)21(19-7-5-4-6-8-19)25-11-13-26-14-12-25/h4-10,15,18,21H,11-14H2,1-3H3,(H2,23,24,27)/t18-,21-/m0/s1. The molecule has 4 nitrogen and oxygen atoms in total. The van der Waals surface area contributed by atoms with Crippen molar-refractivity contribution in [2.75, 3.05) is 31.6 Å². The minimum atomic E-state index is 0.164. The van der Waals surface area contributed by atoms with E-state index in [2.05, 4.69) is 84.8 Å². The fourth-order valence-corrected chi connectivity index (χ4v) is 3.90. The molecule has 144 valence electrons. The summed E-state index contributed by atoms with van der Waals surface area (Å²) >= 11 is 5.59. The van der Waals surface area contributed by atoms with Gasteiger partial charge in [0.2, 0.25) is 0 Å². The second-order valence-electron chi connectivity index (χ2n) is 7.19. The van der Waals surface area contributed by atoms with E-state index in [-0.39, 0.29) is 12.1 Å². The molecular weight excluding hydrogens is 354 g/mol. The van der Waals surface area contributed by atoms with E-state index >= 15 is 0 Å². The van der Waals surface area contributed by atoms with Crippen LogP contribution in [0.25, 0.3) is 0 Å². The van der Waals surface area contributed by atoms with Crippen LogP contribution in [0.1, 0.15) is 29.7 Å². The molecule has 0 unspecified atom stereocenters. The molecule has 1 fully saturated rings. The van der Waals surface area contributed by atoms with E-state index in [1.54, 1.807) is 0 Å². The largest absolute Gasteiger partial charge is 0.379 e. The molecule has 0 saturated carbocycles. The van der Waals surface area contributed by atoms with Gasteiger partial charge in [-0.3, -0.25) is 4.90 Å². The van der Waals surface area contributed by atoms with Crippen LogP contribution < -0.4 is 10.6 Å². The first kappa shape index (κ1) is 19.8. The molecule has 0 aliphatic carbocycles. The zero-order valence-electron chi connectivity index (χ0n) is 16.4. The average molecular weight is 384 g/mol. The summed E-state index contributed by atoms with van der Waals surface area (Å²) in [4.78, 5) is 2.48. The van der Waals surface area contributed by atoms with Crippen molar-refractivity contribution in [3.63, 3.8) is 0 Å². The maximum atomic E-state index is 5.59. The quantitative estimate of drug-likeness (QED) is 0.762. The van der Waals surface area contributed by atoms with Crippen LogP contribution in [0, 0.1) is 13.8 Å². The van der Waals surface area contributed by atoms with E-state index in [1.807, 2.05) is 0 Å². The molecule has 1 heterocycles. The summed E-state index contributed by atoms with van der Waals surface area (Å²) in [7, 11) is 0. The Balaban J connectivity index is 1.70. The molecule has 1 saturated heterocycles. The van der Waals surface area contributed by atoms with Gasteiger partial charge < -0.3 is 15.4 Å². The fourth-order valence-electron chi connectivity index (χ4n) is 3.59. The van der Waals surface area contributed by atoms with Gasteiger partial charge in [-0.1, -0.05) is 36.4 Å². The van der Waals surface area contributed by atoms with Crippen molar-refractivity contribution in [3.8, 4) is 0 Å². The molecule has 2 atom stereocenters. The number of hydrogen-bond donors (Lipinski definition) is 2. The monoisotopic (exact) mass is 383 g/mol. The summed E-state index contributed by atoms with van der Waals surface area (Å²) in [6.45, 7) is 9.85. The van der Waals surface area contributed by atoms with Crippen molar-refractivity contribution in [1.29, 1.82) is 0 Å². The third kappa shape index (κ3) is 5.28. The van der Waals surface area contributed by atoms with Crippen LogP contribution in [-0.2, 0) is 4.74 Å². The van der Waals surface area contributed by atoms with Crippen molar-refractivity contribution in [3.05, 3.63) is 65.2 Å². The van der Waals surface area contributed by atoms with E-state index in [1.165, 1.54) is 16.7 Å². The minimum Gasteiger partial charge on any atom is -0.379 e. The molecule has 1 aliphatic rings. The summed E-state index contributed by atoms with van der Waals surface area (Å²) in [5, 5.41) is 7.48. The van der Waals surface area contributed by atoms with Crippen LogP contribution in [0.4, 0.5) is 5.69 Å². The van der Waals surface area contributed by atoms with Crippen LogP contribution in [0.2, 0.25) is 0 Å². The summed E-state index contributed by atoms with van der Waals surface area (Å²) in [5.41, 5.74) is 4.86. The zero-order chi connectivity index (χ0) is 19.2. The first-order valence-electron chi connectivity index (χ1n) is 9.56. The van der Waals surface area contributed by atoms with E-state index in [4.69, 9.17) is 17.0 Å². The van der Waals surface area contributed by atoms with Gasteiger partial charge in [-0.25, -0.2) is 0 Å². The predicted molar refractivity (Wildman–Crippen MR) is 116 cm³/mol. The Morgan fingerprint density at radius 1 is 1.04 bits per heavy atom. The molecule has 27 heavy (non-hydrogen) atoms. The lowest BCUT2D eigenvalue weighted by Crippen LogP contribution is -2.49. The molecule has 1 aliphatic heterocycles. The summed E-state index contributed by atoms with van der Waals surface area (Å²) in [6.07, 6.45) is 0. The highest BCUT2D eigenvalue weighted by Crippen LogP contribution is 2.25. The van der Waals surface area contributed by atoms with Crippen molar-refractivity contribution in [1.82, 2.24) is 10.2 Å². The Labute approximate surface area is 167 Å². The van der Waals surface area contributed by atoms with Gasteiger partial charge in [0.1, 0.15) is 0 Å². The lowest BCUT2D eigenvalue weighted by Gasteiger charge is -2.38. The summed E-state index contributed by atoms with van der Waals surface area (Å²) in [5.74, 6) is 0. The molecule has 0 amide bonds. The summed E-state index contributed by atoms with van der Waals surface area (Å²) in [6, 6.07) is 17.4. The SMILES string of the molecule is Cc1ccc(NC(=S)N[C@@H](C)[C@@H](c2ccccc2)N2CCOCC2)cc1C. The zero-order valence-corrected chi connectivity index (χ0v) is 17.2. The van der Waals surface area contributed by atoms with Crippen molar-refractivity contribution in [2.24, 2.45) is 0 Å². The average Bonchev–Trinajstić information content (AvgIpc) is 2.66. The van der Waals surface area contributed by atoms with Crippen LogP contribution in [0.15, 0.2) is 48.5 Å². The molecule has 0 spiro atoms. The number of nitrogens with zero attached hydrogens (tertiary/aromatic N) is 1. The van der Waals surface area contributed by atoms with Gasteiger partial charge in [-0.15, -0.1) is 0 Å². The Hall–Kier alpha value is -1.95. The summed E-state index contributed by atoms with van der Waals surface area (Å²) < 4.78 is 5.55. The fraction of sp³-hybridized carbons (Fsp3) is 0.409. The van der Waals surface area contributed by atoms with Gasteiger partial charge in [-0.05, 0) is 61.8 Å². The van der Waals surface area contributed by atoms with Crippen LogP contribution in [0.3, 0.4) is 0 Å². The number of rotatable bonds is 5. The van der Waals surface area contributed by atoms with Crippen LogP contribution >= 0.6 is 12.2 Å².